The molecule has 0 bridgehead atoms. The highest BCUT2D eigenvalue weighted by Gasteiger charge is 2.29. The zero-order valence-electron chi connectivity index (χ0n) is 19.4. The molecular weight excluding hydrogens is 462 g/mol. The van der Waals surface area contributed by atoms with Crippen molar-refractivity contribution >= 4 is 41.0 Å². The standard InChI is InChI=1S/C23H30ClN5O3S/c1-15(2)12-25-21(30)14-33-23-26-19(24)11-20(27-23)28-9-10-29(16(3)13-28)22(31)17-5-7-18(32-4)8-6-17/h5-8,11,15-16H,9-10,12-14H2,1-4H3,(H,25,30). The van der Waals surface area contributed by atoms with Gasteiger partial charge in [0.15, 0.2) is 5.16 Å². The summed E-state index contributed by atoms with van der Waals surface area (Å²) in [5.74, 6) is 1.98. The summed E-state index contributed by atoms with van der Waals surface area (Å²) < 4.78 is 5.17. The number of ether oxygens (including phenoxy) is 1. The second kappa shape index (κ2) is 11.6. The van der Waals surface area contributed by atoms with Crippen LogP contribution < -0.4 is 15.0 Å². The zero-order chi connectivity index (χ0) is 24.0. The Balaban J connectivity index is 1.61. The lowest BCUT2D eigenvalue weighted by Crippen LogP contribution is -2.54. The van der Waals surface area contributed by atoms with Crippen molar-refractivity contribution in [1.29, 1.82) is 0 Å². The Morgan fingerprint density at radius 2 is 1.97 bits per heavy atom. The van der Waals surface area contributed by atoms with Gasteiger partial charge in [0.1, 0.15) is 16.7 Å². The highest BCUT2D eigenvalue weighted by molar-refractivity contribution is 7.99. The summed E-state index contributed by atoms with van der Waals surface area (Å²) in [5, 5.41) is 3.67. The molecular formula is C23H30ClN5O3S. The minimum atomic E-state index is -0.0573. The number of rotatable bonds is 8. The molecule has 1 aromatic carbocycles. The maximum absolute atomic E-state index is 13.0. The number of halogens is 1. The van der Waals surface area contributed by atoms with E-state index in [-0.39, 0.29) is 23.6 Å². The van der Waals surface area contributed by atoms with E-state index in [1.807, 2.05) is 25.7 Å². The fourth-order valence-electron chi connectivity index (χ4n) is 3.48. The second-order valence-electron chi connectivity index (χ2n) is 8.34. The molecule has 3 rings (SSSR count). The number of piperazine rings is 1. The SMILES string of the molecule is COc1ccc(C(=O)N2CCN(c3cc(Cl)nc(SCC(=O)NCC(C)C)n3)CC2C)cc1. The minimum absolute atomic E-state index is 0.00539. The number of aromatic nitrogens is 2. The Morgan fingerprint density at radius 1 is 1.24 bits per heavy atom. The van der Waals surface area contributed by atoms with E-state index in [1.54, 1.807) is 37.4 Å². The molecule has 10 heteroatoms. The van der Waals surface area contributed by atoms with Gasteiger partial charge in [0.05, 0.1) is 12.9 Å². The van der Waals surface area contributed by atoms with Crippen LogP contribution in [0.1, 0.15) is 31.1 Å². The van der Waals surface area contributed by atoms with Crippen molar-refractivity contribution in [3.63, 3.8) is 0 Å². The Bertz CT molecular complexity index is 973. The third-order valence-corrected chi connectivity index (χ3v) is 6.29. The number of amides is 2. The first-order valence-electron chi connectivity index (χ1n) is 10.9. The largest absolute Gasteiger partial charge is 0.497 e. The second-order valence-corrected chi connectivity index (χ2v) is 9.67. The lowest BCUT2D eigenvalue weighted by atomic mass is 10.1. The number of anilines is 1. The number of carbonyl (C=O) groups is 2. The lowest BCUT2D eigenvalue weighted by molar-refractivity contribution is -0.118. The van der Waals surface area contributed by atoms with Crippen molar-refractivity contribution in [1.82, 2.24) is 20.2 Å². The van der Waals surface area contributed by atoms with Gasteiger partial charge in [-0.3, -0.25) is 9.59 Å². The number of hydrogen-bond donors (Lipinski definition) is 1. The molecule has 33 heavy (non-hydrogen) atoms. The molecule has 0 saturated carbocycles. The molecule has 2 aromatic rings. The van der Waals surface area contributed by atoms with E-state index >= 15 is 0 Å². The van der Waals surface area contributed by atoms with Gasteiger partial charge in [-0.2, -0.15) is 0 Å². The van der Waals surface area contributed by atoms with E-state index in [1.165, 1.54) is 11.8 Å². The molecule has 1 saturated heterocycles. The van der Waals surface area contributed by atoms with Gasteiger partial charge < -0.3 is 19.9 Å². The summed E-state index contributed by atoms with van der Waals surface area (Å²) >= 11 is 7.50. The number of methoxy groups -OCH3 is 1. The average molecular weight is 492 g/mol. The topological polar surface area (TPSA) is 87.7 Å². The van der Waals surface area contributed by atoms with Crippen molar-refractivity contribution in [3.8, 4) is 5.75 Å². The normalized spacial score (nSPS) is 16.1. The highest BCUT2D eigenvalue weighted by Crippen LogP contribution is 2.25. The van der Waals surface area contributed by atoms with Crippen LogP contribution >= 0.6 is 23.4 Å². The van der Waals surface area contributed by atoms with E-state index in [0.717, 1.165) is 5.75 Å². The molecule has 1 N–H and O–H groups in total. The van der Waals surface area contributed by atoms with E-state index in [2.05, 4.69) is 20.2 Å². The van der Waals surface area contributed by atoms with E-state index < -0.39 is 0 Å². The van der Waals surface area contributed by atoms with Crippen molar-refractivity contribution in [2.45, 2.75) is 32.0 Å². The molecule has 2 amide bonds. The van der Waals surface area contributed by atoms with Crippen LogP contribution in [0.5, 0.6) is 5.75 Å². The first-order valence-corrected chi connectivity index (χ1v) is 12.3. The van der Waals surface area contributed by atoms with Crippen LogP contribution in [0, 0.1) is 5.92 Å². The van der Waals surface area contributed by atoms with Crippen LogP contribution in [0.4, 0.5) is 5.82 Å². The molecule has 0 radical (unpaired) electrons. The van der Waals surface area contributed by atoms with Gasteiger partial charge in [0.2, 0.25) is 5.91 Å². The van der Waals surface area contributed by atoms with Crippen molar-refractivity contribution in [2.75, 3.05) is 43.9 Å². The van der Waals surface area contributed by atoms with Crippen LogP contribution in [0.25, 0.3) is 0 Å². The third-order valence-electron chi connectivity index (χ3n) is 5.25. The summed E-state index contributed by atoms with van der Waals surface area (Å²) in [6.07, 6.45) is 0. The minimum Gasteiger partial charge on any atom is -0.497 e. The van der Waals surface area contributed by atoms with Gasteiger partial charge in [0.25, 0.3) is 5.91 Å². The average Bonchev–Trinajstić information content (AvgIpc) is 2.80. The summed E-state index contributed by atoms with van der Waals surface area (Å²) in [6.45, 7) is 8.56. The van der Waals surface area contributed by atoms with E-state index in [0.29, 0.717) is 53.8 Å². The first kappa shape index (κ1) is 25.1. The lowest BCUT2D eigenvalue weighted by Gasteiger charge is -2.40. The number of thioether (sulfide) groups is 1. The third kappa shape index (κ3) is 6.98. The smallest absolute Gasteiger partial charge is 0.254 e. The maximum Gasteiger partial charge on any atom is 0.254 e. The molecule has 1 aliphatic heterocycles. The molecule has 1 fully saturated rings. The van der Waals surface area contributed by atoms with Crippen LogP contribution in [0.15, 0.2) is 35.5 Å². The van der Waals surface area contributed by atoms with E-state index in [4.69, 9.17) is 16.3 Å². The molecule has 178 valence electrons. The summed E-state index contributed by atoms with van der Waals surface area (Å²) in [4.78, 5) is 37.8. The summed E-state index contributed by atoms with van der Waals surface area (Å²) in [7, 11) is 1.60. The van der Waals surface area contributed by atoms with Crippen molar-refractivity contribution in [2.24, 2.45) is 5.92 Å². The molecule has 8 nitrogen and oxygen atoms in total. The van der Waals surface area contributed by atoms with Crippen LogP contribution in [-0.4, -0.2) is 71.8 Å². The predicted octanol–water partition coefficient (Wildman–Crippen LogP) is 3.35. The molecule has 1 atom stereocenters. The zero-order valence-corrected chi connectivity index (χ0v) is 20.9. The summed E-state index contributed by atoms with van der Waals surface area (Å²) in [6, 6.07) is 8.85. The van der Waals surface area contributed by atoms with Crippen LogP contribution in [-0.2, 0) is 4.79 Å². The number of nitrogens with zero attached hydrogens (tertiary/aromatic N) is 4. The number of carbonyl (C=O) groups excluding carboxylic acids is 2. The van der Waals surface area contributed by atoms with Gasteiger partial charge in [-0.1, -0.05) is 37.2 Å². The van der Waals surface area contributed by atoms with Gasteiger partial charge in [0, 0.05) is 43.9 Å². The van der Waals surface area contributed by atoms with Crippen LogP contribution in [0.3, 0.4) is 0 Å². The predicted molar refractivity (Wildman–Crippen MR) is 131 cm³/mol. The van der Waals surface area contributed by atoms with Crippen molar-refractivity contribution < 1.29 is 14.3 Å². The molecule has 1 aromatic heterocycles. The summed E-state index contributed by atoms with van der Waals surface area (Å²) in [5.41, 5.74) is 0.635. The van der Waals surface area contributed by atoms with Gasteiger partial charge in [-0.05, 0) is 37.1 Å². The Kier molecular flexibility index (Phi) is 8.80. The molecule has 2 heterocycles. The number of benzene rings is 1. The fourth-order valence-corrected chi connectivity index (χ4v) is 4.39. The Morgan fingerprint density at radius 3 is 2.61 bits per heavy atom. The Labute approximate surface area is 204 Å². The maximum atomic E-state index is 13.0. The molecule has 1 unspecified atom stereocenters. The van der Waals surface area contributed by atoms with Crippen LogP contribution in [0.2, 0.25) is 5.15 Å². The van der Waals surface area contributed by atoms with Crippen molar-refractivity contribution in [3.05, 3.63) is 41.0 Å². The Hall–Kier alpha value is -2.52. The molecule has 0 aliphatic carbocycles. The highest BCUT2D eigenvalue weighted by atomic mass is 35.5. The van der Waals surface area contributed by atoms with Gasteiger partial charge in [-0.25, -0.2) is 9.97 Å². The molecule has 1 aliphatic rings. The van der Waals surface area contributed by atoms with Gasteiger partial charge >= 0.3 is 0 Å². The molecule has 0 spiro atoms. The fraction of sp³-hybridized carbons (Fsp3) is 0.478. The van der Waals surface area contributed by atoms with Gasteiger partial charge in [-0.15, -0.1) is 0 Å². The number of nitrogens with one attached hydrogen (secondary N) is 1. The monoisotopic (exact) mass is 491 g/mol. The van der Waals surface area contributed by atoms with E-state index in [9.17, 15) is 9.59 Å². The first-order chi connectivity index (χ1) is 15.8. The quantitative estimate of drug-likeness (QED) is 0.344. The number of hydrogen-bond acceptors (Lipinski definition) is 7.